The van der Waals surface area contributed by atoms with Crippen molar-refractivity contribution in [2.45, 2.75) is 194 Å². The van der Waals surface area contributed by atoms with Crippen LogP contribution < -0.4 is 0 Å². The Hall–Kier alpha value is 0.720. The third-order valence-corrected chi connectivity index (χ3v) is 9.27. The Bertz CT molecular complexity index is 339. The van der Waals surface area contributed by atoms with E-state index in [1.54, 1.807) is 0 Å². The summed E-state index contributed by atoms with van der Waals surface area (Å²) in [5.74, 6) is 0. The average molecular weight is 517 g/mol. The SMILES string of the molecule is CCCCCCC(CCCCCC)(CCCCCC)CCCCCCCCCCCCCPCl. The molecule has 0 aliphatic heterocycles. The maximum atomic E-state index is 5.79. The Kier molecular flexibility index (Phi) is 28.9. The average Bonchev–Trinajstić information content (AvgIpc) is 2.85. The minimum atomic E-state index is 0.636. The highest BCUT2D eigenvalue weighted by Gasteiger charge is 2.28. The number of hydrogen-bond acceptors (Lipinski definition) is 0. The molecule has 0 fully saturated rings. The van der Waals surface area contributed by atoms with Gasteiger partial charge in [-0.2, -0.15) is 0 Å². The first-order chi connectivity index (χ1) is 16.7. The lowest BCUT2D eigenvalue weighted by molar-refractivity contribution is 0.172. The van der Waals surface area contributed by atoms with Crippen LogP contribution in [0.25, 0.3) is 0 Å². The molecular formula is C32H66ClP. The Balaban J connectivity index is 4.28. The summed E-state index contributed by atoms with van der Waals surface area (Å²) < 4.78 is 0. The maximum absolute atomic E-state index is 5.79. The molecule has 0 aromatic carbocycles. The topological polar surface area (TPSA) is 0 Å². The second-order valence-corrected chi connectivity index (χ2v) is 13.0. The van der Waals surface area contributed by atoms with Gasteiger partial charge in [0, 0.05) is 0 Å². The Morgan fingerprint density at radius 3 is 0.941 bits per heavy atom. The number of hydrogen-bond donors (Lipinski definition) is 0. The molecule has 0 aromatic rings. The first-order valence-corrected chi connectivity index (χ1v) is 18.3. The van der Waals surface area contributed by atoms with Crippen LogP contribution in [0.15, 0.2) is 0 Å². The van der Waals surface area contributed by atoms with Gasteiger partial charge in [-0.05, 0) is 51.6 Å². The van der Waals surface area contributed by atoms with E-state index in [2.05, 4.69) is 20.8 Å². The number of halogens is 1. The van der Waals surface area contributed by atoms with Crippen molar-refractivity contribution in [2.24, 2.45) is 5.41 Å². The van der Waals surface area contributed by atoms with E-state index in [1.807, 2.05) is 0 Å². The summed E-state index contributed by atoms with van der Waals surface area (Å²) in [6.45, 7) is 7.06. The molecule has 0 saturated carbocycles. The van der Waals surface area contributed by atoms with Crippen molar-refractivity contribution in [3.05, 3.63) is 0 Å². The molecule has 0 spiro atoms. The van der Waals surface area contributed by atoms with Gasteiger partial charge in [0.15, 0.2) is 0 Å². The van der Waals surface area contributed by atoms with E-state index in [0.29, 0.717) is 13.3 Å². The van der Waals surface area contributed by atoms with E-state index >= 15 is 0 Å². The minimum Gasteiger partial charge on any atom is -0.100 e. The molecule has 34 heavy (non-hydrogen) atoms. The molecule has 0 nitrogen and oxygen atoms in total. The Morgan fingerprint density at radius 2 is 0.647 bits per heavy atom. The highest BCUT2D eigenvalue weighted by Crippen LogP contribution is 2.42. The van der Waals surface area contributed by atoms with E-state index in [1.165, 1.54) is 180 Å². The van der Waals surface area contributed by atoms with E-state index < -0.39 is 0 Å². The largest absolute Gasteiger partial charge is 0.100 e. The van der Waals surface area contributed by atoms with Crippen LogP contribution in [0, 0.1) is 5.41 Å². The third kappa shape index (κ3) is 23.1. The van der Waals surface area contributed by atoms with Crippen molar-refractivity contribution in [3.8, 4) is 0 Å². The molecule has 0 amide bonds. The Morgan fingerprint density at radius 1 is 0.382 bits per heavy atom. The van der Waals surface area contributed by atoms with Crippen LogP contribution in [-0.2, 0) is 0 Å². The summed E-state index contributed by atoms with van der Waals surface area (Å²) >= 11 is 5.79. The van der Waals surface area contributed by atoms with Gasteiger partial charge < -0.3 is 0 Å². The smallest absolute Gasteiger partial charge is 0.0214 e. The van der Waals surface area contributed by atoms with Gasteiger partial charge in [-0.1, -0.05) is 162 Å². The minimum absolute atomic E-state index is 0.636. The summed E-state index contributed by atoms with van der Waals surface area (Å²) in [4.78, 5) is 0. The van der Waals surface area contributed by atoms with E-state index in [0.717, 1.165) is 0 Å². The molecule has 2 heteroatoms. The monoisotopic (exact) mass is 516 g/mol. The van der Waals surface area contributed by atoms with Crippen LogP contribution >= 0.6 is 19.2 Å². The summed E-state index contributed by atoms with van der Waals surface area (Å²) in [7, 11) is 0.636. The van der Waals surface area contributed by atoms with Crippen LogP contribution in [0.5, 0.6) is 0 Å². The van der Waals surface area contributed by atoms with Crippen molar-refractivity contribution in [1.29, 1.82) is 0 Å². The predicted molar refractivity (Wildman–Crippen MR) is 163 cm³/mol. The maximum Gasteiger partial charge on any atom is -0.0214 e. The van der Waals surface area contributed by atoms with Gasteiger partial charge in [-0.25, -0.2) is 0 Å². The molecule has 0 aromatic heterocycles. The third-order valence-electron chi connectivity index (χ3n) is 8.16. The van der Waals surface area contributed by atoms with Gasteiger partial charge in [-0.15, -0.1) is 11.2 Å². The normalized spacial score (nSPS) is 12.4. The first-order valence-electron chi connectivity index (χ1n) is 16.1. The standard InChI is InChI=1S/C32H66ClP/c1-4-7-10-22-27-32(28-23-11-8-5-2,29-24-12-9-6-3)30-25-20-18-16-14-13-15-17-19-21-26-31-34-33/h34H,4-31H2,1-3H3. The molecule has 1 atom stereocenters. The van der Waals surface area contributed by atoms with Crippen molar-refractivity contribution < 1.29 is 0 Å². The van der Waals surface area contributed by atoms with E-state index in [-0.39, 0.29) is 0 Å². The van der Waals surface area contributed by atoms with Crippen LogP contribution in [0.3, 0.4) is 0 Å². The fraction of sp³-hybridized carbons (Fsp3) is 1.00. The predicted octanol–water partition coefficient (Wildman–Crippen LogP) is 13.4. The van der Waals surface area contributed by atoms with Crippen molar-refractivity contribution in [3.63, 3.8) is 0 Å². The first kappa shape index (κ1) is 34.7. The highest BCUT2D eigenvalue weighted by atomic mass is 35.7. The van der Waals surface area contributed by atoms with Gasteiger partial charge in [0.2, 0.25) is 0 Å². The highest BCUT2D eigenvalue weighted by molar-refractivity contribution is 7.68. The zero-order chi connectivity index (χ0) is 25.0. The zero-order valence-corrected chi connectivity index (χ0v) is 25.9. The number of unbranched alkanes of at least 4 members (excludes halogenated alkanes) is 19. The molecular weight excluding hydrogens is 451 g/mol. The van der Waals surface area contributed by atoms with Gasteiger partial charge >= 0.3 is 0 Å². The second-order valence-electron chi connectivity index (χ2n) is 11.5. The summed E-state index contributed by atoms with van der Waals surface area (Å²) in [5, 5.41) is 0. The molecule has 0 saturated heterocycles. The fourth-order valence-electron chi connectivity index (χ4n) is 5.81. The number of rotatable bonds is 29. The summed E-state index contributed by atoms with van der Waals surface area (Å²) in [6.07, 6.45) is 40.6. The summed E-state index contributed by atoms with van der Waals surface area (Å²) in [6, 6.07) is 0. The molecule has 206 valence electrons. The van der Waals surface area contributed by atoms with Crippen LogP contribution in [-0.4, -0.2) is 6.16 Å². The fourth-order valence-corrected chi connectivity index (χ4v) is 6.60. The van der Waals surface area contributed by atoms with Gasteiger partial charge in [0.1, 0.15) is 0 Å². The van der Waals surface area contributed by atoms with Gasteiger partial charge in [0.25, 0.3) is 0 Å². The lowest BCUT2D eigenvalue weighted by Crippen LogP contribution is -2.21. The zero-order valence-electron chi connectivity index (χ0n) is 24.2. The molecule has 0 N–H and O–H groups in total. The van der Waals surface area contributed by atoms with E-state index in [4.69, 9.17) is 11.2 Å². The lowest BCUT2D eigenvalue weighted by atomic mass is 9.70. The van der Waals surface area contributed by atoms with Gasteiger partial charge in [0.05, 0.1) is 0 Å². The molecule has 0 aliphatic rings. The molecule has 0 radical (unpaired) electrons. The molecule has 0 aliphatic carbocycles. The molecule has 0 rings (SSSR count). The second kappa shape index (κ2) is 28.3. The molecule has 1 unspecified atom stereocenters. The van der Waals surface area contributed by atoms with Gasteiger partial charge in [-0.3, -0.25) is 0 Å². The summed E-state index contributed by atoms with van der Waals surface area (Å²) in [5.41, 5.74) is 0.680. The van der Waals surface area contributed by atoms with Crippen molar-refractivity contribution in [2.75, 3.05) is 6.16 Å². The van der Waals surface area contributed by atoms with E-state index in [9.17, 15) is 0 Å². The molecule has 0 heterocycles. The lowest BCUT2D eigenvalue weighted by Gasteiger charge is -2.35. The quantitative estimate of drug-likeness (QED) is 0.0684. The van der Waals surface area contributed by atoms with Crippen molar-refractivity contribution >= 4 is 19.2 Å². The Labute approximate surface area is 224 Å². The van der Waals surface area contributed by atoms with Crippen molar-refractivity contribution in [1.82, 2.24) is 0 Å². The molecule has 0 bridgehead atoms. The van der Waals surface area contributed by atoms with Crippen LogP contribution in [0.2, 0.25) is 0 Å². The van der Waals surface area contributed by atoms with Crippen LogP contribution in [0.1, 0.15) is 194 Å². The van der Waals surface area contributed by atoms with Crippen LogP contribution in [0.4, 0.5) is 0 Å².